The van der Waals surface area contributed by atoms with Gasteiger partial charge in [0.2, 0.25) is 0 Å². The molecule has 1 N–H and O–H groups in total. The van der Waals surface area contributed by atoms with Crippen LogP contribution >= 0.6 is 0 Å². The molecule has 6 heteroatoms. The van der Waals surface area contributed by atoms with Crippen molar-refractivity contribution >= 4 is 5.97 Å². The quantitative estimate of drug-likeness (QED) is 0.571. The number of fused-ring (bicyclic) bond motifs is 3. The zero-order chi connectivity index (χ0) is 22.5. The first kappa shape index (κ1) is 22.1. The van der Waals surface area contributed by atoms with Crippen LogP contribution in [0.1, 0.15) is 51.5 Å². The number of hydrogen-bond acceptors (Lipinski definition) is 5. The predicted molar refractivity (Wildman–Crippen MR) is 120 cm³/mol. The van der Waals surface area contributed by atoms with Gasteiger partial charge < -0.3 is 9.84 Å². The van der Waals surface area contributed by atoms with Crippen LogP contribution in [0.5, 0.6) is 0 Å². The van der Waals surface area contributed by atoms with Crippen LogP contribution < -0.4 is 0 Å². The van der Waals surface area contributed by atoms with Crippen molar-refractivity contribution in [2.24, 2.45) is 11.3 Å². The highest BCUT2D eigenvalue weighted by Crippen LogP contribution is 2.57. The van der Waals surface area contributed by atoms with E-state index in [2.05, 4.69) is 23.6 Å². The zero-order valence-corrected chi connectivity index (χ0v) is 19.3. The summed E-state index contributed by atoms with van der Waals surface area (Å²) in [4.78, 5) is 17.5. The highest BCUT2D eigenvalue weighted by molar-refractivity contribution is 5.78. The van der Waals surface area contributed by atoms with E-state index in [4.69, 9.17) is 4.74 Å². The van der Waals surface area contributed by atoms with Gasteiger partial charge in [-0.3, -0.25) is 14.6 Å². The monoisotopic (exact) mass is 442 g/mol. The van der Waals surface area contributed by atoms with E-state index in [1.165, 1.54) is 23.6 Å². The topological polar surface area (TPSA) is 53.0 Å². The average Bonchev–Trinajstić information content (AvgIpc) is 3.01. The van der Waals surface area contributed by atoms with Gasteiger partial charge in [0.15, 0.2) is 6.10 Å². The lowest BCUT2D eigenvalue weighted by Crippen LogP contribution is -2.56. The van der Waals surface area contributed by atoms with Crippen LogP contribution in [0, 0.1) is 17.2 Å². The molecule has 2 heterocycles. The summed E-state index contributed by atoms with van der Waals surface area (Å²) in [5.41, 5.74) is 2.17. The van der Waals surface area contributed by atoms with Gasteiger partial charge in [-0.1, -0.05) is 30.7 Å². The number of aliphatic hydroxyl groups is 1. The van der Waals surface area contributed by atoms with Crippen LogP contribution in [0.4, 0.5) is 4.39 Å². The number of benzene rings is 1. The number of carbonyl (C=O) groups excluding carboxylic acids is 1. The molecule has 1 aromatic carbocycles. The second kappa shape index (κ2) is 8.23. The third-order valence-corrected chi connectivity index (χ3v) is 8.56. The average molecular weight is 443 g/mol. The minimum absolute atomic E-state index is 0.0484. The van der Waals surface area contributed by atoms with Gasteiger partial charge in [0, 0.05) is 44.8 Å². The molecule has 2 saturated heterocycles. The molecule has 5 rings (SSSR count). The van der Waals surface area contributed by atoms with E-state index in [9.17, 15) is 14.3 Å². The molecule has 3 fully saturated rings. The van der Waals surface area contributed by atoms with Crippen molar-refractivity contribution in [3.05, 3.63) is 46.8 Å². The van der Waals surface area contributed by atoms with Crippen LogP contribution in [0.2, 0.25) is 0 Å². The molecule has 0 spiro atoms. The van der Waals surface area contributed by atoms with Crippen molar-refractivity contribution in [1.82, 2.24) is 9.80 Å². The van der Waals surface area contributed by atoms with E-state index in [0.717, 1.165) is 51.0 Å². The Bertz CT molecular complexity index is 925. The van der Waals surface area contributed by atoms with Gasteiger partial charge in [-0.05, 0) is 56.1 Å². The number of nitrogens with zero attached hydrogens (tertiary/aromatic N) is 2. The Morgan fingerprint density at radius 3 is 2.59 bits per heavy atom. The van der Waals surface area contributed by atoms with Crippen LogP contribution in [-0.4, -0.2) is 65.3 Å². The third kappa shape index (κ3) is 3.70. The Labute approximate surface area is 190 Å². The lowest BCUT2D eigenvalue weighted by Gasteiger charge is -2.49. The van der Waals surface area contributed by atoms with Crippen LogP contribution in [0.25, 0.3) is 0 Å². The fourth-order valence-electron chi connectivity index (χ4n) is 6.59. The molecule has 174 valence electrons. The van der Waals surface area contributed by atoms with Gasteiger partial charge in [-0.25, -0.2) is 4.39 Å². The zero-order valence-electron chi connectivity index (χ0n) is 19.3. The summed E-state index contributed by atoms with van der Waals surface area (Å²) in [5, 5.41) is 11.8. The van der Waals surface area contributed by atoms with E-state index < -0.39 is 17.6 Å². The summed E-state index contributed by atoms with van der Waals surface area (Å²) < 4.78 is 19.9. The van der Waals surface area contributed by atoms with Gasteiger partial charge in [0.05, 0.1) is 0 Å². The Morgan fingerprint density at radius 1 is 1.12 bits per heavy atom. The van der Waals surface area contributed by atoms with E-state index >= 15 is 0 Å². The molecule has 2 unspecified atom stereocenters. The van der Waals surface area contributed by atoms with Crippen molar-refractivity contribution < 1.29 is 19.0 Å². The largest absolute Gasteiger partial charge is 0.454 e. The molecule has 4 aliphatic rings. The summed E-state index contributed by atoms with van der Waals surface area (Å²) in [6.07, 6.45) is 4.36. The van der Waals surface area contributed by atoms with E-state index in [0.29, 0.717) is 19.5 Å². The first-order valence-corrected chi connectivity index (χ1v) is 12.1. The summed E-state index contributed by atoms with van der Waals surface area (Å²) >= 11 is 0. The SMILES string of the molecule is CC1=C2[C@@H]3OC(=O)C(CN4CCN(Cc5ccccc5F)CC4)C3(O)CC[C@@]2(C)CCC1. The third-order valence-electron chi connectivity index (χ3n) is 8.56. The van der Waals surface area contributed by atoms with Crippen LogP contribution in [0.15, 0.2) is 35.4 Å². The van der Waals surface area contributed by atoms with E-state index in [-0.39, 0.29) is 17.2 Å². The fraction of sp³-hybridized carbons (Fsp3) is 0.654. The smallest absolute Gasteiger partial charge is 0.314 e. The predicted octanol–water partition coefficient (Wildman–Crippen LogP) is 3.52. The molecule has 0 amide bonds. The maximum Gasteiger partial charge on any atom is 0.314 e. The number of rotatable bonds is 4. The molecule has 2 aliphatic heterocycles. The molecule has 1 saturated carbocycles. The Kier molecular flexibility index (Phi) is 5.67. The number of esters is 1. The second-order valence-corrected chi connectivity index (χ2v) is 10.6. The maximum atomic E-state index is 14.0. The summed E-state index contributed by atoms with van der Waals surface area (Å²) in [5.74, 6) is -0.910. The lowest BCUT2D eigenvalue weighted by atomic mass is 9.58. The van der Waals surface area contributed by atoms with Gasteiger partial charge in [0.1, 0.15) is 17.3 Å². The number of ether oxygens (including phenoxy) is 1. The maximum absolute atomic E-state index is 14.0. The fourth-order valence-corrected chi connectivity index (χ4v) is 6.59. The summed E-state index contributed by atoms with van der Waals surface area (Å²) in [7, 11) is 0. The molecule has 0 bridgehead atoms. The highest BCUT2D eigenvalue weighted by atomic mass is 19.1. The summed E-state index contributed by atoms with van der Waals surface area (Å²) in [6.45, 7) is 8.80. The Balaban J connectivity index is 1.25. The molecular weight excluding hydrogens is 407 g/mol. The van der Waals surface area contributed by atoms with Crippen molar-refractivity contribution in [2.75, 3.05) is 32.7 Å². The molecule has 2 aliphatic carbocycles. The first-order chi connectivity index (χ1) is 15.3. The van der Waals surface area contributed by atoms with Crippen LogP contribution in [0.3, 0.4) is 0 Å². The van der Waals surface area contributed by atoms with Crippen molar-refractivity contribution in [2.45, 2.75) is 64.2 Å². The Hall–Kier alpha value is -1.76. The van der Waals surface area contributed by atoms with Crippen molar-refractivity contribution in [1.29, 1.82) is 0 Å². The van der Waals surface area contributed by atoms with Gasteiger partial charge in [-0.2, -0.15) is 0 Å². The van der Waals surface area contributed by atoms with E-state index in [1.54, 1.807) is 6.07 Å². The number of allylic oxidation sites excluding steroid dienone is 1. The van der Waals surface area contributed by atoms with Gasteiger partial charge in [0.25, 0.3) is 0 Å². The number of carbonyl (C=O) groups is 1. The highest BCUT2D eigenvalue weighted by Gasteiger charge is 2.63. The van der Waals surface area contributed by atoms with Gasteiger partial charge in [-0.15, -0.1) is 0 Å². The summed E-state index contributed by atoms with van der Waals surface area (Å²) in [6, 6.07) is 6.93. The number of halogens is 1. The standard InChI is InChI=1S/C26H35FN2O3/c1-18-6-5-9-25(2)10-11-26(31)20(24(30)32-23(26)22(18)25)17-29-14-12-28(13-15-29)16-19-7-3-4-8-21(19)27/h3-4,7-8,20,23,31H,5-6,9-17H2,1-2H3/t20?,23-,25+,26?/m0/s1. The lowest BCUT2D eigenvalue weighted by molar-refractivity contribution is -0.144. The van der Waals surface area contributed by atoms with E-state index in [1.807, 2.05) is 12.1 Å². The molecule has 4 atom stereocenters. The minimum Gasteiger partial charge on any atom is -0.454 e. The Morgan fingerprint density at radius 2 is 1.84 bits per heavy atom. The van der Waals surface area contributed by atoms with Crippen molar-refractivity contribution in [3.8, 4) is 0 Å². The number of piperazine rings is 1. The first-order valence-electron chi connectivity index (χ1n) is 12.1. The molecular formula is C26H35FN2O3. The van der Waals surface area contributed by atoms with Gasteiger partial charge >= 0.3 is 5.97 Å². The molecule has 32 heavy (non-hydrogen) atoms. The molecule has 0 radical (unpaired) electrons. The molecule has 1 aromatic rings. The second-order valence-electron chi connectivity index (χ2n) is 10.6. The molecule has 0 aromatic heterocycles. The van der Waals surface area contributed by atoms with Crippen molar-refractivity contribution in [3.63, 3.8) is 0 Å². The number of hydrogen-bond donors (Lipinski definition) is 1. The normalized spacial score (nSPS) is 36.1. The van der Waals surface area contributed by atoms with Crippen LogP contribution in [-0.2, 0) is 16.1 Å². The minimum atomic E-state index is -1.10. The molecule has 5 nitrogen and oxygen atoms in total.